The van der Waals surface area contributed by atoms with E-state index in [9.17, 15) is 4.79 Å². The molecule has 0 bridgehead atoms. The molecule has 0 radical (unpaired) electrons. The molecule has 4 nitrogen and oxygen atoms in total. The Bertz CT molecular complexity index is 800. The predicted octanol–water partition coefficient (Wildman–Crippen LogP) is 4.78. The lowest BCUT2D eigenvalue weighted by Gasteiger charge is -2.41. The van der Waals surface area contributed by atoms with Crippen molar-refractivity contribution in [2.24, 2.45) is 0 Å². The first-order valence-electron chi connectivity index (χ1n) is 9.63. The minimum atomic E-state index is -0.181. The summed E-state index contributed by atoms with van der Waals surface area (Å²) in [6.45, 7) is 7.64. The number of ether oxygens (including phenoxy) is 2. The molecule has 2 aromatic carbocycles. The van der Waals surface area contributed by atoms with Gasteiger partial charge in [-0.3, -0.25) is 4.79 Å². The zero-order valence-electron chi connectivity index (χ0n) is 16.7. The number of hydrogen-bond donors (Lipinski definition) is 0. The van der Waals surface area contributed by atoms with Gasteiger partial charge in [0.25, 0.3) is 5.91 Å². The van der Waals surface area contributed by atoms with Crippen LogP contribution in [0, 0.1) is 0 Å². The molecule has 1 fully saturated rings. The van der Waals surface area contributed by atoms with Crippen molar-refractivity contribution in [2.75, 3.05) is 20.3 Å². The van der Waals surface area contributed by atoms with E-state index in [4.69, 9.17) is 9.47 Å². The van der Waals surface area contributed by atoms with Crippen LogP contribution in [0.3, 0.4) is 0 Å². The maximum atomic E-state index is 13.3. The third kappa shape index (κ3) is 4.51. The molecule has 4 heteroatoms. The number of carbonyl (C=O) groups excluding carboxylic acids is 1. The van der Waals surface area contributed by atoms with Crippen molar-refractivity contribution >= 4 is 5.91 Å². The van der Waals surface area contributed by atoms with Gasteiger partial charge in [-0.25, -0.2) is 0 Å². The SMILES string of the molecule is CCN(C(=O)c1cccc(-c2cccc(OC)c2)c1)[C@@H]1CCOC(C)(C)C1. The van der Waals surface area contributed by atoms with E-state index in [0.717, 1.165) is 35.3 Å². The summed E-state index contributed by atoms with van der Waals surface area (Å²) < 4.78 is 11.1. The minimum absolute atomic E-state index is 0.0879. The third-order valence-electron chi connectivity index (χ3n) is 5.23. The van der Waals surface area contributed by atoms with Crippen LogP contribution < -0.4 is 4.74 Å². The zero-order chi connectivity index (χ0) is 19.4. The molecule has 1 aliphatic heterocycles. The molecule has 0 aliphatic carbocycles. The zero-order valence-corrected chi connectivity index (χ0v) is 16.7. The Morgan fingerprint density at radius 1 is 1.19 bits per heavy atom. The van der Waals surface area contributed by atoms with Gasteiger partial charge in [0.2, 0.25) is 0 Å². The second-order valence-corrected chi connectivity index (χ2v) is 7.66. The molecule has 1 heterocycles. The maximum absolute atomic E-state index is 13.3. The first kappa shape index (κ1) is 19.4. The molecule has 0 aromatic heterocycles. The van der Waals surface area contributed by atoms with Gasteiger partial charge in [0.05, 0.1) is 12.7 Å². The van der Waals surface area contributed by atoms with Crippen LogP contribution in [-0.2, 0) is 4.74 Å². The van der Waals surface area contributed by atoms with E-state index in [0.29, 0.717) is 13.2 Å². The Hall–Kier alpha value is -2.33. The van der Waals surface area contributed by atoms with Gasteiger partial charge < -0.3 is 14.4 Å². The Balaban J connectivity index is 1.85. The Labute approximate surface area is 162 Å². The molecular weight excluding hydrogens is 338 g/mol. The molecule has 1 aliphatic rings. The maximum Gasteiger partial charge on any atom is 0.254 e. The van der Waals surface area contributed by atoms with Crippen LogP contribution in [-0.4, -0.2) is 42.7 Å². The van der Waals surface area contributed by atoms with Crippen molar-refractivity contribution in [3.8, 4) is 16.9 Å². The van der Waals surface area contributed by atoms with Gasteiger partial charge in [-0.05, 0) is 69.0 Å². The Morgan fingerprint density at radius 2 is 1.89 bits per heavy atom. The average Bonchev–Trinajstić information content (AvgIpc) is 2.68. The highest BCUT2D eigenvalue weighted by Crippen LogP contribution is 2.29. The van der Waals surface area contributed by atoms with Crippen molar-refractivity contribution in [1.29, 1.82) is 0 Å². The fourth-order valence-corrected chi connectivity index (χ4v) is 3.83. The molecule has 144 valence electrons. The lowest BCUT2D eigenvalue weighted by molar-refractivity contribution is -0.0777. The highest BCUT2D eigenvalue weighted by atomic mass is 16.5. The lowest BCUT2D eigenvalue weighted by Crippen LogP contribution is -2.48. The number of hydrogen-bond acceptors (Lipinski definition) is 3. The quantitative estimate of drug-likeness (QED) is 0.763. The number of rotatable bonds is 5. The average molecular weight is 367 g/mol. The van der Waals surface area contributed by atoms with Crippen LogP contribution in [0.1, 0.15) is 44.0 Å². The summed E-state index contributed by atoms with van der Waals surface area (Å²) in [5, 5.41) is 0. The molecule has 2 aromatic rings. The standard InChI is InChI=1S/C23H29NO3/c1-5-24(20-12-13-27-23(2,3)16-20)22(25)19-10-6-8-17(14-19)18-9-7-11-21(15-18)26-4/h6-11,14-15,20H,5,12-13,16H2,1-4H3/t20-/m1/s1. The van der Waals surface area contributed by atoms with Gasteiger partial charge in [0.1, 0.15) is 5.75 Å². The topological polar surface area (TPSA) is 38.8 Å². The summed E-state index contributed by atoms with van der Waals surface area (Å²) in [6.07, 6.45) is 1.75. The van der Waals surface area contributed by atoms with Crippen molar-refractivity contribution in [3.63, 3.8) is 0 Å². The predicted molar refractivity (Wildman–Crippen MR) is 108 cm³/mol. The number of nitrogens with zero attached hydrogens (tertiary/aromatic N) is 1. The Morgan fingerprint density at radius 3 is 2.56 bits per heavy atom. The van der Waals surface area contributed by atoms with Crippen molar-refractivity contribution in [3.05, 3.63) is 54.1 Å². The third-order valence-corrected chi connectivity index (χ3v) is 5.23. The second kappa shape index (κ2) is 8.13. The number of methoxy groups -OCH3 is 1. The van der Waals surface area contributed by atoms with Crippen molar-refractivity contribution in [1.82, 2.24) is 4.90 Å². The van der Waals surface area contributed by atoms with Crippen LogP contribution in [0.4, 0.5) is 0 Å². The summed E-state index contributed by atoms with van der Waals surface area (Å²) in [6, 6.07) is 16.0. The van der Waals surface area contributed by atoms with Gasteiger partial charge in [-0.15, -0.1) is 0 Å². The van der Waals surface area contributed by atoms with E-state index in [1.54, 1.807) is 7.11 Å². The summed E-state index contributed by atoms with van der Waals surface area (Å²) >= 11 is 0. The molecule has 27 heavy (non-hydrogen) atoms. The number of carbonyl (C=O) groups is 1. The van der Waals surface area contributed by atoms with E-state index < -0.39 is 0 Å². The molecule has 1 saturated heterocycles. The van der Waals surface area contributed by atoms with Gasteiger partial charge in [0.15, 0.2) is 0 Å². The minimum Gasteiger partial charge on any atom is -0.497 e. The van der Waals surface area contributed by atoms with E-state index >= 15 is 0 Å². The van der Waals surface area contributed by atoms with Gasteiger partial charge in [0, 0.05) is 24.8 Å². The van der Waals surface area contributed by atoms with Crippen LogP contribution in [0.25, 0.3) is 11.1 Å². The highest BCUT2D eigenvalue weighted by Gasteiger charge is 2.34. The van der Waals surface area contributed by atoms with E-state index in [1.807, 2.05) is 60.4 Å². The smallest absolute Gasteiger partial charge is 0.254 e. The van der Waals surface area contributed by atoms with Crippen molar-refractivity contribution in [2.45, 2.75) is 45.3 Å². The fourth-order valence-electron chi connectivity index (χ4n) is 3.83. The molecule has 0 spiro atoms. The lowest BCUT2D eigenvalue weighted by atomic mass is 9.92. The fraction of sp³-hybridized carbons (Fsp3) is 0.435. The molecule has 3 rings (SSSR count). The van der Waals surface area contributed by atoms with Crippen LogP contribution in [0.5, 0.6) is 5.75 Å². The summed E-state index contributed by atoms with van der Waals surface area (Å²) in [7, 11) is 1.66. The normalized spacial score (nSPS) is 18.7. The van der Waals surface area contributed by atoms with Gasteiger partial charge >= 0.3 is 0 Å². The Kier molecular flexibility index (Phi) is 5.85. The monoisotopic (exact) mass is 367 g/mol. The van der Waals surface area contributed by atoms with Crippen molar-refractivity contribution < 1.29 is 14.3 Å². The first-order valence-corrected chi connectivity index (χ1v) is 9.63. The summed E-state index contributed by atoms with van der Waals surface area (Å²) in [4.78, 5) is 15.2. The molecular formula is C23H29NO3. The molecule has 1 amide bonds. The van der Waals surface area contributed by atoms with Crippen LogP contribution in [0.2, 0.25) is 0 Å². The molecule has 0 saturated carbocycles. The largest absolute Gasteiger partial charge is 0.497 e. The van der Waals surface area contributed by atoms with Crippen LogP contribution in [0.15, 0.2) is 48.5 Å². The van der Waals surface area contributed by atoms with Gasteiger partial charge in [-0.1, -0.05) is 24.3 Å². The second-order valence-electron chi connectivity index (χ2n) is 7.66. The molecule has 0 unspecified atom stereocenters. The number of amides is 1. The van der Waals surface area contributed by atoms with E-state index in [-0.39, 0.29) is 17.6 Å². The number of benzene rings is 2. The summed E-state index contributed by atoms with van der Waals surface area (Å²) in [5.74, 6) is 0.897. The molecule has 1 atom stereocenters. The van der Waals surface area contributed by atoms with Crippen LogP contribution >= 0.6 is 0 Å². The van der Waals surface area contributed by atoms with Gasteiger partial charge in [-0.2, -0.15) is 0 Å². The molecule has 0 N–H and O–H groups in total. The first-order chi connectivity index (χ1) is 12.9. The van der Waals surface area contributed by atoms with E-state index in [1.165, 1.54) is 0 Å². The van der Waals surface area contributed by atoms with E-state index in [2.05, 4.69) is 13.8 Å². The summed E-state index contributed by atoms with van der Waals surface area (Å²) in [5.41, 5.74) is 2.60. The highest BCUT2D eigenvalue weighted by molar-refractivity contribution is 5.95.